The van der Waals surface area contributed by atoms with E-state index in [1.165, 1.54) is 7.11 Å². The largest absolute Gasteiger partial charge is 0.478 e. The molecule has 1 aromatic carbocycles. The second-order valence-corrected chi connectivity index (χ2v) is 6.38. The van der Waals surface area contributed by atoms with Crippen molar-refractivity contribution in [3.63, 3.8) is 0 Å². The maximum Gasteiger partial charge on any atom is 0.339 e. The standard InChI is InChI=1S/C20H24O6/c1-5-13-12(3)15-10-26-20(24)18(15)17(19(22)23)14(13)8-6-11(2)7-9-16(21)25-4/h6H,5,7-10H2,1-4H3,(H,22,23). The first kappa shape index (κ1) is 19.7. The number of carboxylic acid groups (broad SMARTS) is 1. The van der Waals surface area contributed by atoms with E-state index in [1.54, 1.807) is 0 Å². The van der Waals surface area contributed by atoms with Crippen molar-refractivity contribution in [2.75, 3.05) is 7.11 Å². The molecule has 140 valence electrons. The summed E-state index contributed by atoms with van der Waals surface area (Å²) in [5, 5.41) is 9.74. The number of hydrogen-bond acceptors (Lipinski definition) is 5. The molecule has 1 aliphatic rings. The number of rotatable bonds is 7. The Morgan fingerprint density at radius 1 is 1.27 bits per heavy atom. The Morgan fingerprint density at radius 3 is 2.54 bits per heavy atom. The fourth-order valence-corrected chi connectivity index (χ4v) is 3.38. The van der Waals surface area contributed by atoms with Gasteiger partial charge in [0.1, 0.15) is 6.61 Å². The Bertz CT molecular complexity index is 788. The number of carbonyl (C=O) groups excluding carboxylic acids is 2. The highest BCUT2D eigenvalue weighted by Crippen LogP contribution is 2.34. The molecule has 0 unspecified atom stereocenters. The van der Waals surface area contributed by atoms with E-state index in [-0.39, 0.29) is 30.1 Å². The summed E-state index contributed by atoms with van der Waals surface area (Å²) in [6.07, 6.45) is 3.79. The molecule has 2 rings (SSSR count). The maximum absolute atomic E-state index is 12.1. The Morgan fingerprint density at radius 2 is 1.96 bits per heavy atom. The number of cyclic esters (lactones) is 1. The van der Waals surface area contributed by atoms with Gasteiger partial charge in [0.2, 0.25) is 0 Å². The first-order valence-electron chi connectivity index (χ1n) is 8.61. The number of benzene rings is 1. The van der Waals surface area contributed by atoms with Crippen LogP contribution in [0.1, 0.15) is 69.7 Å². The van der Waals surface area contributed by atoms with E-state index < -0.39 is 11.9 Å². The van der Waals surface area contributed by atoms with Gasteiger partial charge in [-0.15, -0.1) is 0 Å². The fraction of sp³-hybridized carbons (Fsp3) is 0.450. The summed E-state index contributed by atoms with van der Waals surface area (Å²) in [5.41, 5.74) is 4.39. The zero-order chi connectivity index (χ0) is 19.4. The van der Waals surface area contributed by atoms with Crippen LogP contribution in [-0.4, -0.2) is 30.1 Å². The topological polar surface area (TPSA) is 89.9 Å². The van der Waals surface area contributed by atoms with Gasteiger partial charge in [-0.05, 0) is 49.8 Å². The average Bonchev–Trinajstić information content (AvgIpc) is 2.99. The van der Waals surface area contributed by atoms with Gasteiger partial charge in [-0.25, -0.2) is 9.59 Å². The van der Waals surface area contributed by atoms with Crippen LogP contribution in [0.5, 0.6) is 0 Å². The van der Waals surface area contributed by atoms with Gasteiger partial charge in [0, 0.05) is 12.0 Å². The highest BCUT2D eigenvalue weighted by Gasteiger charge is 2.33. The molecule has 0 atom stereocenters. The van der Waals surface area contributed by atoms with Crippen molar-refractivity contribution in [3.8, 4) is 0 Å². The van der Waals surface area contributed by atoms with E-state index in [9.17, 15) is 19.5 Å². The zero-order valence-electron chi connectivity index (χ0n) is 15.6. The van der Waals surface area contributed by atoms with Crippen LogP contribution in [0.3, 0.4) is 0 Å². The van der Waals surface area contributed by atoms with Crippen LogP contribution in [0.15, 0.2) is 11.6 Å². The number of carbonyl (C=O) groups is 3. The number of esters is 2. The highest BCUT2D eigenvalue weighted by molar-refractivity contribution is 6.06. The summed E-state index contributed by atoms with van der Waals surface area (Å²) < 4.78 is 9.72. The number of hydrogen-bond donors (Lipinski definition) is 1. The van der Waals surface area contributed by atoms with Gasteiger partial charge in [0.05, 0.1) is 18.2 Å². The first-order valence-corrected chi connectivity index (χ1v) is 8.61. The molecule has 1 N–H and O–H groups in total. The summed E-state index contributed by atoms with van der Waals surface area (Å²) in [7, 11) is 1.35. The number of fused-ring (bicyclic) bond motifs is 1. The van der Waals surface area contributed by atoms with E-state index in [1.807, 2.05) is 26.8 Å². The molecule has 0 saturated heterocycles. The molecule has 0 aromatic heterocycles. The fourth-order valence-electron chi connectivity index (χ4n) is 3.38. The van der Waals surface area contributed by atoms with Crippen molar-refractivity contribution in [3.05, 3.63) is 45.0 Å². The smallest absolute Gasteiger partial charge is 0.339 e. The lowest BCUT2D eigenvalue weighted by atomic mass is 9.85. The first-order chi connectivity index (χ1) is 12.3. The van der Waals surface area contributed by atoms with Crippen molar-refractivity contribution in [2.24, 2.45) is 0 Å². The number of aromatic carboxylic acids is 1. The Hall–Kier alpha value is -2.63. The molecule has 0 amide bonds. The number of allylic oxidation sites excluding steroid dienone is 2. The van der Waals surface area contributed by atoms with Crippen molar-refractivity contribution in [2.45, 2.75) is 53.1 Å². The Kier molecular flexibility index (Phi) is 6.18. The van der Waals surface area contributed by atoms with Crippen LogP contribution in [0.2, 0.25) is 0 Å². The lowest BCUT2D eigenvalue weighted by Gasteiger charge is -2.17. The van der Waals surface area contributed by atoms with Gasteiger partial charge in [-0.3, -0.25) is 4.79 Å². The molecule has 0 saturated carbocycles. The molecule has 0 spiro atoms. The SMILES string of the molecule is CCc1c(C)c2c(c(C(=O)O)c1CC=C(C)CCC(=O)OC)C(=O)OC2. The Labute approximate surface area is 152 Å². The third-order valence-electron chi connectivity index (χ3n) is 4.85. The van der Waals surface area contributed by atoms with Crippen molar-refractivity contribution in [1.29, 1.82) is 0 Å². The minimum absolute atomic E-state index is 0.0435. The number of carboxylic acids is 1. The lowest BCUT2D eigenvalue weighted by molar-refractivity contribution is -0.140. The van der Waals surface area contributed by atoms with E-state index in [0.29, 0.717) is 30.4 Å². The third kappa shape index (κ3) is 3.79. The van der Waals surface area contributed by atoms with E-state index >= 15 is 0 Å². The van der Waals surface area contributed by atoms with E-state index in [0.717, 1.165) is 16.7 Å². The zero-order valence-corrected chi connectivity index (χ0v) is 15.6. The van der Waals surface area contributed by atoms with Crippen LogP contribution in [-0.2, 0) is 33.7 Å². The van der Waals surface area contributed by atoms with Gasteiger partial charge < -0.3 is 14.6 Å². The van der Waals surface area contributed by atoms with Crippen molar-refractivity contribution in [1.82, 2.24) is 0 Å². The number of methoxy groups -OCH3 is 1. The molecule has 1 aromatic rings. The third-order valence-corrected chi connectivity index (χ3v) is 4.85. The monoisotopic (exact) mass is 360 g/mol. The van der Waals surface area contributed by atoms with Crippen molar-refractivity contribution < 1.29 is 29.0 Å². The summed E-state index contributed by atoms with van der Waals surface area (Å²) >= 11 is 0. The molecule has 6 nitrogen and oxygen atoms in total. The molecule has 26 heavy (non-hydrogen) atoms. The molecule has 0 fully saturated rings. The van der Waals surface area contributed by atoms with E-state index in [2.05, 4.69) is 4.74 Å². The van der Waals surface area contributed by atoms with Gasteiger partial charge >= 0.3 is 17.9 Å². The molecule has 1 aliphatic heterocycles. The predicted octanol–water partition coefficient (Wildman–Crippen LogP) is 3.37. The molecule has 0 bridgehead atoms. The summed E-state index contributed by atoms with van der Waals surface area (Å²) in [5.74, 6) is -1.98. The van der Waals surface area contributed by atoms with Crippen LogP contribution in [0.4, 0.5) is 0 Å². The van der Waals surface area contributed by atoms with Gasteiger partial charge in [-0.2, -0.15) is 0 Å². The van der Waals surface area contributed by atoms with Crippen LogP contribution in [0.25, 0.3) is 0 Å². The molecular weight excluding hydrogens is 336 g/mol. The maximum atomic E-state index is 12.1. The molecule has 0 radical (unpaired) electrons. The van der Waals surface area contributed by atoms with Crippen molar-refractivity contribution >= 4 is 17.9 Å². The molecular formula is C20H24O6. The van der Waals surface area contributed by atoms with Gasteiger partial charge in [0.25, 0.3) is 0 Å². The quantitative estimate of drug-likeness (QED) is 0.592. The van der Waals surface area contributed by atoms with Crippen LogP contribution < -0.4 is 0 Å². The van der Waals surface area contributed by atoms with Gasteiger partial charge in [0.15, 0.2) is 0 Å². The minimum atomic E-state index is -1.12. The van der Waals surface area contributed by atoms with E-state index in [4.69, 9.17) is 4.74 Å². The lowest BCUT2D eigenvalue weighted by Crippen LogP contribution is -2.14. The second-order valence-electron chi connectivity index (χ2n) is 6.38. The predicted molar refractivity (Wildman–Crippen MR) is 95.3 cm³/mol. The highest BCUT2D eigenvalue weighted by atomic mass is 16.5. The molecule has 6 heteroatoms. The normalized spacial score (nSPS) is 13.4. The van der Waals surface area contributed by atoms with Gasteiger partial charge in [-0.1, -0.05) is 18.6 Å². The second kappa shape index (κ2) is 8.17. The molecule has 1 heterocycles. The number of ether oxygens (including phenoxy) is 2. The minimum Gasteiger partial charge on any atom is -0.478 e. The van der Waals surface area contributed by atoms with Crippen LogP contribution in [0, 0.1) is 6.92 Å². The van der Waals surface area contributed by atoms with Crippen LogP contribution >= 0.6 is 0 Å². The average molecular weight is 360 g/mol. The Balaban J connectivity index is 2.46. The summed E-state index contributed by atoms with van der Waals surface area (Å²) in [6, 6.07) is 0. The summed E-state index contributed by atoms with van der Waals surface area (Å²) in [4.78, 5) is 35.3. The molecule has 0 aliphatic carbocycles. The summed E-state index contributed by atoms with van der Waals surface area (Å²) in [6.45, 7) is 5.89.